The lowest BCUT2D eigenvalue weighted by Gasteiger charge is -2.49. The van der Waals surface area contributed by atoms with Crippen LogP contribution in [0.25, 0.3) is 0 Å². The van der Waals surface area contributed by atoms with Gasteiger partial charge in [0.25, 0.3) is 0 Å². The van der Waals surface area contributed by atoms with E-state index < -0.39 is 60.7 Å². The minimum Gasteiger partial charge on any atom is -0.497 e. The van der Waals surface area contributed by atoms with E-state index >= 15 is 0 Å². The molecular weight excluding hydrogens is 765 g/mol. The first-order chi connectivity index (χ1) is 29.2. The summed E-state index contributed by atoms with van der Waals surface area (Å²) in [5.74, 6) is -2.04. The third kappa shape index (κ3) is 9.88. The molecule has 0 N–H and O–H groups in total. The first-order valence-electron chi connectivity index (χ1n) is 19.3. The highest BCUT2D eigenvalue weighted by Crippen LogP contribution is 2.39. The molecule has 0 aliphatic carbocycles. The van der Waals surface area contributed by atoms with Gasteiger partial charge in [0.1, 0.15) is 23.7 Å². The zero-order valence-corrected chi connectivity index (χ0v) is 32.9. The van der Waals surface area contributed by atoms with Crippen molar-refractivity contribution in [2.75, 3.05) is 13.7 Å². The molecule has 5 atom stereocenters. The number of para-hydroxylation sites is 1. The molecule has 1 heterocycles. The first kappa shape index (κ1) is 40.9. The molecule has 0 unspecified atom stereocenters. The van der Waals surface area contributed by atoms with E-state index in [1.54, 1.807) is 147 Å². The van der Waals surface area contributed by atoms with E-state index in [0.29, 0.717) is 17.9 Å². The average Bonchev–Trinajstić information content (AvgIpc) is 3.30. The van der Waals surface area contributed by atoms with Gasteiger partial charge in [-0.1, -0.05) is 103 Å². The summed E-state index contributed by atoms with van der Waals surface area (Å²) in [6.07, 6.45) is -5.81. The molecule has 11 heteroatoms. The SMILES string of the molecule is COc1ccc(Cc2ccccc2O[C@@H]2O[C@](C)(COC(=O)c3ccccc3)[C@@H](OC(=O)c3ccccc3)[C@H](OC(=O)c3ccccc3)[C@H]2OC(=O)c2ccccc2)cc1. The maximum Gasteiger partial charge on any atom is 0.338 e. The van der Waals surface area contributed by atoms with Crippen LogP contribution >= 0.6 is 0 Å². The molecule has 6 aromatic rings. The normalized spacial score (nSPS) is 19.6. The summed E-state index contributed by atoms with van der Waals surface area (Å²) in [5.41, 5.74) is 0.698. The Bertz CT molecular complexity index is 2370. The number of ether oxygens (including phenoxy) is 7. The van der Waals surface area contributed by atoms with Gasteiger partial charge < -0.3 is 33.2 Å². The second-order valence-corrected chi connectivity index (χ2v) is 14.2. The zero-order valence-electron chi connectivity index (χ0n) is 32.9. The molecule has 1 aliphatic rings. The van der Waals surface area contributed by atoms with E-state index in [4.69, 9.17) is 33.2 Å². The van der Waals surface area contributed by atoms with Crippen LogP contribution in [0.2, 0.25) is 0 Å². The number of carbonyl (C=O) groups is 4. The fourth-order valence-electron chi connectivity index (χ4n) is 6.73. The predicted octanol–water partition coefficient (Wildman–Crippen LogP) is 8.31. The van der Waals surface area contributed by atoms with Crippen LogP contribution < -0.4 is 9.47 Å². The summed E-state index contributed by atoms with van der Waals surface area (Å²) >= 11 is 0. The van der Waals surface area contributed by atoms with Gasteiger partial charge in [0.2, 0.25) is 12.4 Å². The molecule has 1 saturated heterocycles. The van der Waals surface area contributed by atoms with Gasteiger partial charge in [-0.25, -0.2) is 19.2 Å². The van der Waals surface area contributed by atoms with E-state index in [1.165, 1.54) is 0 Å². The van der Waals surface area contributed by atoms with Gasteiger partial charge in [-0.3, -0.25) is 0 Å². The largest absolute Gasteiger partial charge is 0.497 e. The van der Waals surface area contributed by atoms with Crippen molar-refractivity contribution in [1.82, 2.24) is 0 Å². The first-order valence-corrected chi connectivity index (χ1v) is 19.3. The molecule has 1 aliphatic heterocycles. The lowest BCUT2D eigenvalue weighted by molar-refractivity contribution is -0.310. The third-order valence-electron chi connectivity index (χ3n) is 9.90. The number of methoxy groups -OCH3 is 1. The molecule has 0 amide bonds. The van der Waals surface area contributed by atoms with Crippen LogP contribution in [0.4, 0.5) is 0 Å². The minimum absolute atomic E-state index is 0.171. The number of carbonyl (C=O) groups excluding carboxylic acids is 4. The van der Waals surface area contributed by atoms with Crippen LogP contribution in [0.5, 0.6) is 11.5 Å². The van der Waals surface area contributed by atoms with E-state index in [-0.39, 0.29) is 22.3 Å². The molecule has 0 aromatic heterocycles. The predicted molar refractivity (Wildman–Crippen MR) is 220 cm³/mol. The van der Waals surface area contributed by atoms with Crippen molar-refractivity contribution in [3.63, 3.8) is 0 Å². The molecule has 304 valence electrons. The van der Waals surface area contributed by atoms with Crippen LogP contribution in [0.1, 0.15) is 59.5 Å². The Hall–Kier alpha value is -7.24. The van der Waals surface area contributed by atoms with Gasteiger partial charge in [-0.15, -0.1) is 0 Å². The van der Waals surface area contributed by atoms with Crippen LogP contribution in [0.3, 0.4) is 0 Å². The monoisotopic (exact) mass is 806 g/mol. The van der Waals surface area contributed by atoms with Gasteiger partial charge in [-0.05, 0) is 84.8 Å². The second kappa shape index (κ2) is 19.0. The Morgan fingerprint density at radius 1 is 0.533 bits per heavy atom. The van der Waals surface area contributed by atoms with E-state index in [2.05, 4.69) is 0 Å². The topological polar surface area (TPSA) is 133 Å². The van der Waals surface area contributed by atoms with Gasteiger partial charge in [0.05, 0.1) is 29.4 Å². The highest BCUT2D eigenvalue weighted by Gasteiger charge is 2.60. The molecule has 0 spiro atoms. The van der Waals surface area contributed by atoms with Crippen LogP contribution in [0.15, 0.2) is 170 Å². The Morgan fingerprint density at radius 2 is 0.983 bits per heavy atom. The summed E-state index contributed by atoms with van der Waals surface area (Å²) in [5, 5.41) is 0. The number of esters is 4. The minimum atomic E-state index is -1.79. The van der Waals surface area contributed by atoms with Gasteiger partial charge in [0.15, 0.2) is 12.2 Å². The second-order valence-electron chi connectivity index (χ2n) is 14.2. The summed E-state index contributed by atoms with van der Waals surface area (Å²) in [4.78, 5) is 55.5. The van der Waals surface area contributed by atoms with Crippen LogP contribution in [0, 0.1) is 0 Å². The maximum atomic E-state index is 14.1. The fraction of sp³-hybridized carbons (Fsp3) is 0.184. The summed E-state index contributed by atoms with van der Waals surface area (Å²) in [6, 6.07) is 47.8. The van der Waals surface area contributed by atoms with E-state index in [0.717, 1.165) is 11.1 Å². The molecule has 6 aromatic carbocycles. The number of benzene rings is 6. The lowest BCUT2D eigenvalue weighted by Crippen LogP contribution is -2.68. The van der Waals surface area contributed by atoms with Gasteiger partial charge in [0, 0.05) is 6.42 Å². The molecule has 0 radical (unpaired) electrons. The van der Waals surface area contributed by atoms with Crippen LogP contribution in [-0.4, -0.2) is 67.8 Å². The molecule has 1 fully saturated rings. The molecule has 60 heavy (non-hydrogen) atoms. The van der Waals surface area contributed by atoms with Crippen molar-refractivity contribution < 1.29 is 52.3 Å². The van der Waals surface area contributed by atoms with Crippen molar-refractivity contribution in [1.29, 1.82) is 0 Å². The Morgan fingerprint density at radius 3 is 1.50 bits per heavy atom. The highest BCUT2D eigenvalue weighted by atomic mass is 16.7. The number of hydrogen-bond acceptors (Lipinski definition) is 11. The number of hydrogen-bond donors (Lipinski definition) is 0. The fourth-order valence-corrected chi connectivity index (χ4v) is 6.73. The van der Waals surface area contributed by atoms with Gasteiger partial charge in [-0.2, -0.15) is 0 Å². The molecular formula is C49H42O11. The quantitative estimate of drug-likeness (QED) is 0.0778. The maximum absolute atomic E-state index is 14.1. The summed E-state index contributed by atoms with van der Waals surface area (Å²) in [6.45, 7) is 1.03. The Balaban J connectivity index is 1.33. The zero-order chi connectivity index (χ0) is 41.9. The lowest BCUT2D eigenvalue weighted by atomic mass is 9.87. The van der Waals surface area contributed by atoms with Crippen molar-refractivity contribution in [3.8, 4) is 11.5 Å². The molecule has 0 saturated carbocycles. The molecule has 0 bridgehead atoms. The smallest absolute Gasteiger partial charge is 0.338 e. The highest BCUT2D eigenvalue weighted by molar-refractivity contribution is 5.91. The number of rotatable bonds is 14. The Labute approximate surface area is 347 Å². The standard InChI is InChI=1S/C49H42O11/c1-49(32-55-44(50)34-17-7-3-8-18-34)43(59-47(53)37-23-13-6-14-24-37)41(57-45(51)35-19-9-4-10-20-35)42(58-46(52)36-21-11-5-12-22-36)48(60-49)56-40-26-16-15-25-38(40)31-33-27-29-39(54-2)30-28-33/h3-30,41-43,48H,31-32H2,1-2H3/t41-,42-,43+,48-,49-/m1/s1. The van der Waals surface area contributed by atoms with Crippen molar-refractivity contribution in [2.45, 2.75) is 43.5 Å². The Kier molecular flexibility index (Phi) is 13.0. The van der Waals surface area contributed by atoms with Crippen LogP contribution in [-0.2, 0) is 30.1 Å². The summed E-state index contributed by atoms with van der Waals surface area (Å²) in [7, 11) is 1.59. The van der Waals surface area contributed by atoms with Gasteiger partial charge >= 0.3 is 23.9 Å². The van der Waals surface area contributed by atoms with Crippen molar-refractivity contribution >= 4 is 23.9 Å². The molecule has 11 nitrogen and oxygen atoms in total. The van der Waals surface area contributed by atoms with E-state index in [9.17, 15) is 19.2 Å². The molecule has 7 rings (SSSR count). The van der Waals surface area contributed by atoms with E-state index in [1.807, 2.05) is 36.4 Å². The summed E-state index contributed by atoms with van der Waals surface area (Å²) < 4.78 is 43.4. The van der Waals surface area contributed by atoms with Crippen molar-refractivity contribution in [3.05, 3.63) is 203 Å². The van der Waals surface area contributed by atoms with Crippen molar-refractivity contribution in [2.24, 2.45) is 0 Å². The third-order valence-corrected chi connectivity index (χ3v) is 9.90. The average molecular weight is 807 g/mol.